The summed E-state index contributed by atoms with van der Waals surface area (Å²) in [7, 11) is 0. The maximum absolute atomic E-state index is 3.98. The minimum Gasteiger partial charge on any atom is -0.103 e. The third kappa shape index (κ3) is 6.19. The molecule has 0 saturated heterocycles. The molecular formula is C14H20S. The minimum atomic E-state index is 0.880. The van der Waals surface area contributed by atoms with Gasteiger partial charge in [0.2, 0.25) is 0 Å². The first-order valence-corrected chi connectivity index (χ1v) is 5.83. The van der Waals surface area contributed by atoms with Crippen molar-refractivity contribution in [2.45, 2.75) is 27.2 Å². The van der Waals surface area contributed by atoms with Crippen LogP contribution in [0.3, 0.4) is 0 Å². The van der Waals surface area contributed by atoms with Crippen molar-refractivity contribution in [1.82, 2.24) is 0 Å². The van der Waals surface area contributed by atoms with Gasteiger partial charge in [-0.3, -0.25) is 0 Å². The molecule has 0 unspecified atom stereocenters. The van der Waals surface area contributed by atoms with Gasteiger partial charge in [-0.2, -0.15) is 0 Å². The predicted molar refractivity (Wildman–Crippen MR) is 73.9 cm³/mol. The second kappa shape index (κ2) is 7.36. The van der Waals surface area contributed by atoms with E-state index in [2.05, 4.69) is 38.1 Å². The number of hydrogen-bond acceptors (Lipinski definition) is 1. The highest BCUT2D eigenvalue weighted by atomic mass is 32.2. The van der Waals surface area contributed by atoms with Gasteiger partial charge in [-0.05, 0) is 48.7 Å². The molecule has 0 spiro atoms. The van der Waals surface area contributed by atoms with E-state index in [-0.39, 0.29) is 0 Å². The van der Waals surface area contributed by atoms with Gasteiger partial charge in [-0.1, -0.05) is 30.9 Å². The van der Waals surface area contributed by atoms with Gasteiger partial charge in [0.25, 0.3) is 0 Å². The molecule has 0 amide bonds. The van der Waals surface area contributed by atoms with Crippen molar-refractivity contribution in [1.29, 1.82) is 0 Å². The molecule has 0 fully saturated rings. The third-order valence-electron chi connectivity index (χ3n) is 1.81. The van der Waals surface area contributed by atoms with Crippen LogP contribution in [0.5, 0.6) is 0 Å². The van der Waals surface area contributed by atoms with Crippen LogP contribution >= 0.6 is 11.8 Å². The van der Waals surface area contributed by atoms with E-state index < -0.39 is 0 Å². The van der Waals surface area contributed by atoms with Gasteiger partial charge >= 0.3 is 0 Å². The van der Waals surface area contributed by atoms with Crippen molar-refractivity contribution in [2.75, 3.05) is 0 Å². The summed E-state index contributed by atoms with van der Waals surface area (Å²) in [5, 5.41) is 2.12. The highest BCUT2D eigenvalue weighted by Gasteiger charge is 2.00. The number of hydrogen-bond donors (Lipinski definition) is 0. The Bertz CT molecular complexity index is 316. The zero-order valence-electron chi connectivity index (χ0n) is 9.97. The molecule has 0 heterocycles. The smallest absolute Gasteiger partial charge is 0.0163 e. The summed E-state index contributed by atoms with van der Waals surface area (Å²) in [5.41, 5.74) is 3.54. The van der Waals surface area contributed by atoms with E-state index in [9.17, 15) is 0 Å². The first-order valence-electron chi connectivity index (χ1n) is 4.95. The molecule has 0 aromatic carbocycles. The summed E-state index contributed by atoms with van der Waals surface area (Å²) >= 11 is 1.65. The molecule has 0 aromatic rings. The van der Waals surface area contributed by atoms with E-state index in [4.69, 9.17) is 0 Å². The van der Waals surface area contributed by atoms with Crippen LogP contribution in [0.1, 0.15) is 27.2 Å². The topological polar surface area (TPSA) is 0 Å². The molecule has 0 aliphatic carbocycles. The maximum Gasteiger partial charge on any atom is -0.0163 e. The van der Waals surface area contributed by atoms with Gasteiger partial charge in [0.1, 0.15) is 0 Å². The summed E-state index contributed by atoms with van der Waals surface area (Å²) in [5.74, 6) is 0. The Balaban J connectivity index is 4.76. The number of allylic oxidation sites excluding steroid dienone is 6. The highest BCUT2D eigenvalue weighted by Crippen LogP contribution is 2.23. The van der Waals surface area contributed by atoms with Crippen LogP contribution in [0.25, 0.3) is 0 Å². The van der Waals surface area contributed by atoms with Crippen LogP contribution in [0.15, 0.2) is 58.9 Å². The molecule has 15 heavy (non-hydrogen) atoms. The fourth-order valence-corrected chi connectivity index (χ4v) is 1.63. The summed E-state index contributed by atoms with van der Waals surface area (Å²) < 4.78 is 0. The largest absolute Gasteiger partial charge is 0.103 e. The van der Waals surface area contributed by atoms with Crippen LogP contribution in [0, 0.1) is 0 Å². The summed E-state index contributed by atoms with van der Waals surface area (Å²) in [6, 6.07) is 0. The van der Waals surface area contributed by atoms with Gasteiger partial charge in [0.05, 0.1) is 0 Å². The normalized spacial score (nSPS) is 12.5. The fraction of sp³-hybridized carbons (Fsp3) is 0.286. The van der Waals surface area contributed by atoms with Gasteiger partial charge in [0, 0.05) is 0 Å². The van der Waals surface area contributed by atoms with Gasteiger partial charge in [-0.25, -0.2) is 0 Å². The van der Waals surface area contributed by atoms with Crippen molar-refractivity contribution in [3.63, 3.8) is 0 Å². The average Bonchev–Trinajstić information content (AvgIpc) is 2.14. The lowest BCUT2D eigenvalue weighted by molar-refractivity contribution is 1.27. The Kier molecular flexibility index (Phi) is 6.89. The molecule has 0 radical (unpaired) electrons. The molecule has 0 aliphatic rings. The van der Waals surface area contributed by atoms with E-state index in [1.807, 2.05) is 19.9 Å². The van der Waals surface area contributed by atoms with E-state index >= 15 is 0 Å². The number of thioether (sulfide) groups is 1. The zero-order chi connectivity index (χ0) is 11.8. The minimum absolute atomic E-state index is 0.880. The van der Waals surface area contributed by atoms with Gasteiger partial charge < -0.3 is 0 Å². The molecule has 0 bridgehead atoms. The standard InChI is InChI=1S/C14H20S/c1-7-8-9-14(11(2)3)13(6)10-15-12(4)5/h7,9-10H,1-2,4,8H2,3,5-6H3/b13-10+,14-9+. The van der Waals surface area contributed by atoms with Gasteiger partial charge in [-0.15, -0.1) is 18.3 Å². The second-order valence-corrected chi connectivity index (χ2v) is 4.71. The molecule has 0 rings (SSSR count). The lowest BCUT2D eigenvalue weighted by Crippen LogP contribution is -1.86. The SMILES string of the molecule is C=CC/C=C(C(=C)C)/C(C)=C/SC(=C)C. The summed E-state index contributed by atoms with van der Waals surface area (Å²) in [6.45, 7) is 17.7. The molecule has 0 saturated carbocycles. The van der Waals surface area contributed by atoms with Crippen LogP contribution in [0.4, 0.5) is 0 Å². The van der Waals surface area contributed by atoms with Crippen molar-refractivity contribution >= 4 is 11.8 Å². The molecular weight excluding hydrogens is 200 g/mol. The van der Waals surface area contributed by atoms with E-state index in [0.717, 1.165) is 16.9 Å². The Morgan fingerprint density at radius 2 is 1.80 bits per heavy atom. The Morgan fingerprint density at radius 1 is 1.20 bits per heavy atom. The Labute approximate surface area is 98.2 Å². The van der Waals surface area contributed by atoms with E-state index in [1.54, 1.807) is 11.8 Å². The molecule has 0 atom stereocenters. The molecule has 1 heteroatoms. The van der Waals surface area contributed by atoms with Crippen LogP contribution in [-0.2, 0) is 0 Å². The molecule has 0 nitrogen and oxygen atoms in total. The Morgan fingerprint density at radius 3 is 2.20 bits per heavy atom. The molecule has 0 aromatic heterocycles. The zero-order valence-corrected chi connectivity index (χ0v) is 10.8. The summed E-state index contributed by atoms with van der Waals surface area (Å²) in [4.78, 5) is 1.10. The summed E-state index contributed by atoms with van der Waals surface area (Å²) in [6.07, 6.45) is 4.92. The van der Waals surface area contributed by atoms with Crippen LogP contribution in [-0.4, -0.2) is 0 Å². The molecule has 0 N–H and O–H groups in total. The monoisotopic (exact) mass is 220 g/mol. The number of rotatable bonds is 6. The van der Waals surface area contributed by atoms with Crippen molar-refractivity contribution in [3.8, 4) is 0 Å². The molecule has 82 valence electrons. The second-order valence-electron chi connectivity index (χ2n) is 3.54. The van der Waals surface area contributed by atoms with E-state index in [0.29, 0.717) is 0 Å². The fourth-order valence-electron chi connectivity index (χ4n) is 1.13. The average molecular weight is 220 g/mol. The lowest BCUT2D eigenvalue weighted by atomic mass is 10.0. The van der Waals surface area contributed by atoms with Crippen molar-refractivity contribution < 1.29 is 0 Å². The van der Waals surface area contributed by atoms with Crippen molar-refractivity contribution in [3.05, 3.63) is 58.9 Å². The highest BCUT2D eigenvalue weighted by molar-refractivity contribution is 8.05. The maximum atomic E-state index is 3.98. The predicted octanol–water partition coefficient (Wildman–Crippen LogP) is 5.24. The van der Waals surface area contributed by atoms with Crippen LogP contribution in [0.2, 0.25) is 0 Å². The van der Waals surface area contributed by atoms with Gasteiger partial charge in [0.15, 0.2) is 0 Å². The first-order chi connectivity index (χ1) is 6.99. The Hall–Kier alpha value is -0.950. The molecule has 0 aliphatic heterocycles. The lowest BCUT2D eigenvalue weighted by Gasteiger charge is -2.07. The van der Waals surface area contributed by atoms with E-state index in [1.165, 1.54) is 11.1 Å². The van der Waals surface area contributed by atoms with Crippen LogP contribution < -0.4 is 0 Å². The first kappa shape index (κ1) is 14.1. The van der Waals surface area contributed by atoms with Crippen molar-refractivity contribution in [2.24, 2.45) is 0 Å². The quantitative estimate of drug-likeness (QED) is 0.436. The third-order valence-corrected chi connectivity index (χ3v) is 2.68.